The molecular weight excluding hydrogens is 472 g/mol. The van der Waals surface area contributed by atoms with Gasteiger partial charge in [0.05, 0.1) is 12.9 Å². The molecule has 38 heavy (non-hydrogen) atoms. The number of hydrogen-bond donors (Lipinski definition) is 0. The molecule has 0 aromatic carbocycles. The van der Waals surface area contributed by atoms with Gasteiger partial charge in [-0.15, -0.1) is 0 Å². The smallest absolute Gasteiger partial charge is 0.188 e. The van der Waals surface area contributed by atoms with Crippen molar-refractivity contribution in [1.29, 1.82) is 0 Å². The first-order valence-electron chi connectivity index (χ1n) is 16.9. The topological polar surface area (TPSA) is 36.9 Å². The normalized spacial score (nSPS) is 11.8. The third kappa shape index (κ3) is 31.6. The summed E-state index contributed by atoms with van der Waals surface area (Å²) in [4.78, 5) is 0. The fourth-order valence-corrected chi connectivity index (χ4v) is 4.60. The zero-order valence-corrected chi connectivity index (χ0v) is 26.2. The third-order valence-electron chi connectivity index (χ3n) is 7.15. The molecule has 4 nitrogen and oxygen atoms in total. The van der Waals surface area contributed by atoms with Gasteiger partial charge in [-0.05, 0) is 51.0 Å². The predicted molar refractivity (Wildman–Crippen MR) is 165 cm³/mol. The average molecular weight is 541 g/mol. The van der Waals surface area contributed by atoms with Crippen molar-refractivity contribution in [3.05, 3.63) is 12.3 Å². The Balaban J connectivity index is 3.62. The van der Waals surface area contributed by atoms with Crippen LogP contribution in [0, 0.1) is 0 Å². The van der Waals surface area contributed by atoms with Gasteiger partial charge in [-0.2, -0.15) is 0 Å². The fraction of sp³-hybridized carbons (Fsp3) is 0.941. The number of hydrogen-bond acceptors (Lipinski definition) is 4. The lowest BCUT2D eigenvalue weighted by atomic mass is 10.1. The Morgan fingerprint density at radius 2 is 0.921 bits per heavy atom. The molecule has 0 aromatic heterocycles. The second-order valence-corrected chi connectivity index (χ2v) is 11.0. The minimum Gasteiger partial charge on any atom is -0.475 e. The molecule has 0 radical (unpaired) electrons. The second-order valence-electron chi connectivity index (χ2n) is 11.0. The van der Waals surface area contributed by atoms with E-state index in [1.807, 2.05) is 6.26 Å². The van der Waals surface area contributed by atoms with Crippen LogP contribution in [0.2, 0.25) is 0 Å². The van der Waals surface area contributed by atoms with Crippen molar-refractivity contribution >= 4 is 0 Å². The summed E-state index contributed by atoms with van der Waals surface area (Å²) in [5.74, 6) is 0. The molecule has 0 aliphatic heterocycles. The molecule has 0 atom stereocenters. The number of ether oxygens (including phenoxy) is 4. The molecule has 0 bridgehead atoms. The molecule has 0 unspecified atom stereocenters. The average Bonchev–Trinajstić information content (AvgIpc) is 2.93. The molecule has 0 aliphatic rings. The van der Waals surface area contributed by atoms with Crippen LogP contribution in [-0.2, 0) is 18.9 Å². The summed E-state index contributed by atoms with van der Waals surface area (Å²) in [6.45, 7) is 9.67. The SMILES string of the molecule is CCCCCCCOC(CCCCCCCCCCCC=COCOCCCCC)OCCCCCCC. The first-order valence-corrected chi connectivity index (χ1v) is 16.9. The van der Waals surface area contributed by atoms with E-state index in [1.165, 1.54) is 135 Å². The Morgan fingerprint density at radius 1 is 0.474 bits per heavy atom. The number of allylic oxidation sites excluding steroid dienone is 1. The quantitative estimate of drug-likeness (QED) is 0.0471. The maximum Gasteiger partial charge on any atom is 0.188 e. The Kier molecular flexibility index (Phi) is 33.9. The van der Waals surface area contributed by atoms with Crippen LogP contribution in [-0.4, -0.2) is 32.9 Å². The Bertz CT molecular complexity index is 424. The highest BCUT2D eigenvalue weighted by atomic mass is 16.7. The van der Waals surface area contributed by atoms with Gasteiger partial charge in [-0.3, -0.25) is 0 Å². The second kappa shape index (κ2) is 34.4. The van der Waals surface area contributed by atoms with Crippen LogP contribution >= 0.6 is 0 Å². The maximum absolute atomic E-state index is 6.15. The van der Waals surface area contributed by atoms with Crippen LogP contribution in [0.1, 0.15) is 175 Å². The van der Waals surface area contributed by atoms with E-state index >= 15 is 0 Å². The zero-order chi connectivity index (χ0) is 27.6. The largest absolute Gasteiger partial charge is 0.475 e. The van der Waals surface area contributed by atoms with Crippen molar-refractivity contribution in [2.75, 3.05) is 26.6 Å². The van der Waals surface area contributed by atoms with Crippen LogP contribution in [0.25, 0.3) is 0 Å². The van der Waals surface area contributed by atoms with E-state index in [0.29, 0.717) is 6.79 Å². The third-order valence-corrected chi connectivity index (χ3v) is 7.15. The van der Waals surface area contributed by atoms with Gasteiger partial charge in [0, 0.05) is 13.2 Å². The van der Waals surface area contributed by atoms with Crippen molar-refractivity contribution in [1.82, 2.24) is 0 Å². The lowest BCUT2D eigenvalue weighted by Gasteiger charge is -2.19. The van der Waals surface area contributed by atoms with Crippen LogP contribution in [0.5, 0.6) is 0 Å². The molecule has 0 heterocycles. The summed E-state index contributed by atoms with van der Waals surface area (Å²) in [6.07, 6.45) is 34.6. The lowest BCUT2D eigenvalue weighted by Crippen LogP contribution is -2.19. The summed E-state index contributed by atoms with van der Waals surface area (Å²) < 4.78 is 23.1. The lowest BCUT2D eigenvalue weighted by molar-refractivity contribution is -0.148. The minimum absolute atomic E-state index is 0.0186. The van der Waals surface area contributed by atoms with Gasteiger partial charge >= 0.3 is 0 Å². The highest BCUT2D eigenvalue weighted by Gasteiger charge is 2.09. The van der Waals surface area contributed by atoms with Gasteiger partial charge in [-0.25, -0.2) is 0 Å². The highest BCUT2D eigenvalue weighted by Crippen LogP contribution is 2.15. The molecular formula is C34H68O4. The van der Waals surface area contributed by atoms with Crippen molar-refractivity contribution in [2.45, 2.75) is 181 Å². The molecule has 0 amide bonds. The summed E-state index contributed by atoms with van der Waals surface area (Å²) >= 11 is 0. The van der Waals surface area contributed by atoms with Crippen molar-refractivity contribution in [2.24, 2.45) is 0 Å². The summed E-state index contributed by atoms with van der Waals surface area (Å²) in [6, 6.07) is 0. The van der Waals surface area contributed by atoms with E-state index in [2.05, 4.69) is 26.8 Å². The summed E-state index contributed by atoms with van der Waals surface area (Å²) in [5, 5.41) is 0. The van der Waals surface area contributed by atoms with E-state index in [-0.39, 0.29) is 6.29 Å². The van der Waals surface area contributed by atoms with E-state index in [4.69, 9.17) is 18.9 Å². The zero-order valence-electron chi connectivity index (χ0n) is 26.2. The molecule has 0 saturated heterocycles. The summed E-state index contributed by atoms with van der Waals surface area (Å²) in [7, 11) is 0. The number of rotatable bonds is 33. The molecule has 0 N–H and O–H groups in total. The summed E-state index contributed by atoms with van der Waals surface area (Å²) in [5.41, 5.74) is 0. The predicted octanol–water partition coefficient (Wildman–Crippen LogP) is 11.3. The van der Waals surface area contributed by atoms with E-state index in [9.17, 15) is 0 Å². The van der Waals surface area contributed by atoms with Crippen molar-refractivity contribution in [3.63, 3.8) is 0 Å². The fourth-order valence-electron chi connectivity index (χ4n) is 4.60. The van der Waals surface area contributed by atoms with E-state index in [1.54, 1.807) is 0 Å². The molecule has 0 spiro atoms. The van der Waals surface area contributed by atoms with Crippen LogP contribution in [0.15, 0.2) is 12.3 Å². The van der Waals surface area contributed by atoms with Gasteiger partial charge in [0.25, 0.3) is 0 Å². The van der Waals surface area contributed by atoms with Crippen LogP contribution in [0.3, 0.4) is 0 Å². The Morgan fingerprint density at radius 3 is 1.50 bits per heavy atom. The molecule has 4 heteroatoms. The maximum atomic E-state index is 6.15. The molecule has 0 aliphatic carbocycles. The van der Waals surface area contributed by atoms with Crippen molar-refractivity contribution in [3.8, 4) is 0 Å². The van der Waals surface area contributed by atoms with Gasteiger partial charge in [-0.1, -0.05) is 130 Å². The van der Waals surface area contributed by atoms with E-state index < -0.39 is 0 Å². The Labute approximate surface area is 239 Å². The van der Waals surface area contributed by atoms with Crippen LogP contribution in [0.4, 0.5) is 0 Å². The molecule has 228 valence electrons. The minimum atomic E-state index is 0.0186. The first kappa shape index (κ1) is 37.4. The molecule has 0 saturated carbocycles. The van der Waals surface area contributed by atoms with Crippen LogP contribution < -0.4 is 0 Å². The van der Waals surface area contributed by atoms with Gasteiger partial charge in [0.1, 0.15) is 0 Å². The molecule has 0 rings (SSSR count). The number of unbranched alkanes of at least 4 members (excludes halogenated alkanes) is 19. The Hall–Kier alpha value is -0.580. The monoisotopic (exact) mass is 541 g/mol. The standard InChI is InChI=1S/C34H68O4/c1-4-7-10-20-26-31-37-34(38-32-27-21-11-8-5-2)28-23-19-17-15-13-12-14-16-18-22-25-30-36-33-35-29-24-9-6-3/h25,30,34H,4-24,26-29,31-33H2,1-3H3. The first-order chi connectivity index (χ1) is 18.8. The van der Waals surface area contributed by atoms with Gasteiger partial charge in [0.15, 0.2) is 13.1 Å². The van der Waals surface area contributed by atoms with Gasteiger partial charge < -0.3 is 18.9 Å². The van der Waals surface area contributed by atoms with Gasteiger partial charge in [0.2, 0.25) is 0 Å². The molecule has 0 fully saturated rings. The highest BCUT2D eigenvalue weighted by molar-refractivity contribution is 4.72. The van der Waals surface area contributed by atoms with E-state index in [0.717, 1.165) is 39.1 Å². The molecule has 0 aromatic rings. The van der Waals surface area contributed by atoms with Crippen molar-refractivity contribution < 1.29 is 18.9 Å².